The number of nitriles is 1. The fourth-order valence-corrected chi connectivity index (χ4v) is 1.16. The van der Waals surface area contributed by atoms with E-state index in [4.69, 9.17) is 5.26 Å². The molecule has 1 aliphatic carbocycles. The number of hydrogen-bond donors (Lipinski definition) is 2. The minimum absolute atomic E-state index is 0.251. The summed E-state index contributed by atoms with van der Waals surface area (Å²) in [5.74, 6) is -0.106. The van der Waals surface area contributed by atoms with Gasteiger partial charge in [0.05, 0.1) is 6.07 Å². The number of hydrogen-bond acceptors (Lipinski definition) is 4. The minimum Gasteiger partial charge on any atom is -0.308 e. The summed E-state index contributed by atoms with van der Waals surface area (Å²) in [7, 11) is 0. The summed E-state index contributed by atoms with van der Waals surface area (Å²) in [6, 6.07) is 4.62. The molecule has 0 aliphatic heterocycles. The van der Waals surface area contributed by atoms with Crippen molar-refractivity contribution in [2.75, 3.05) is 5.32 Å². The number of amides is 1. The summed E-state index contributed by atoms with van der Waals surface area (Å²) < 4.78 is 0. The topological polar surface area (TPSA) is 98.6 Å². The zero-order chi connectivity index (χ0) is 10.9. The summed E-state index contributed by atoms with van der Waals surface area (Å²) in [5, 5.41) is 17.0. The van der Waals surface area contributed by atoms with E-state index in [9.17, 15) is 9.59 Å². The molecule has 2 N–H and O–H groups in total. The van der Waals surface area contributed by atoms with E-state index >= 15 is 0 Å². The van der Waals surface area contributed by atoms with Gasteiger partial charge < -0.3 is 5.32 Å². The van der Waals surface area contributed by atoms with E-state index in [1.54, 1.807) is 0 Å². The second-order valence-corrected chi connectivity index (χ2v) is 3.45. The quantitative estimate of drug-likeness (QED) is 0.708. The van der Waals surface area contributed by atoms with Crippen molar-refractivity contribution in [2.45, 2.75) is 12.8 Å². The Balaban J connectivity index is 2.10. The molecule has 0 bridgehead atoms. The lowest BCUT2D eigenvalue weighted by molar-refractivity contribution is -0.119. The summed E-state index contributed by atoms with van der Waals surface area (Å²) in [5.41, 5.74) is -1.22. The second-order valence-electron chi connectivity index (χ2n) is 3.45. The van der Waals surface area contributed by atoms with Gasteiger partial charge in [-0.15, -0.1) is 0 Å². The number of carbonyl (C=O) groups is 1. The predicted octanol–water partition coefficient (Wildman–Crippen LogP) is 0.0122. The Kier molecular flexibility index (Phi) is 2.01. The maximum Gasteiger partial charge on any atom is 0.264 e. The summed E-state index contributed by atoms with van der Waals surface area (Å²) in [6.07, 6.45) is 1.16. The summed E-state index contributed by atoms with van der Waals surface area (Å²) >= 11 is 0. The number of aromatic amines is 1. The molecule has 0 atom stereocenters. The molecule has 1 saturated carbocycles. The van der Waals surface area contributed by atoms with Gasteiger partial charge in [-0.3, -0.25) is 9.59 Å². The average Bonchev–Trinajstić information content (AvgIpc) is 3.02. The van der Waals surface area contributed by atoms with Gasteiger partial charge in [0.15, 0.2) is 5.82 Å². The van der Waals surface area contributed by atoms with Gasteiger partial charge in [-0.25, -0.2) is 5.10 Å². The van der Waals surface area contributed by atoms with Gasteiger partial charge >= 0.3 is 0 Å². The first-order valence-corrected chi connectivity index (χ1v) is 4.45. The molecule has 1 aromatic rings. The van der Waals surface area contributed by atoms with Crippen molar-refractivity contribution in [2.24, 2.45) is 5.41 Å². The Labute approximate surface area is 84.9 Å². The molecular weight excluding hydrogens is 196 g/mol. The number of anilines is 1. The van der Waals surface area contributed by atoms with Crippen molar-refractivity contribution in [1.29, 1.82) is 5.26 Å². The zero-order valence-electron chi connectivity index (χ0n) is 7.78. The van der Waals surface area contributed by atoms with Crippen LogP contribution in [-0.2, 0) is 4.79 Å². The van der Waals surface area contributed by atoms with E-state index < -0.39 is 5.41 Å². The average molecular weight is 204 g/mol. The largest absolute Gasteiger partial charge is 0.308 e. The van der Waals surface area contributed by atoms with Crippen molar-refractivity contribution in [3.8, 4) is 6.07 Å². The van der Waals surface area contributed by atoms with E-state index in [-0.39, 0.29) is 17.3 Å². The first kappa shape index (κ1) is 9.40. The number of nitrogens with one attached hydrogen (secondary N) is 2. The molecular formula is C9H8N4O2. The highest BCUT2D eigenvalue weighted by Crippen LogP contribution is 2.45. The molecule has 0 radical (unpaired) electrons. The van der Waals surface area contributed by atoms with Crippen LogP contribution < -0.4 is 10.9 Å². The fraction of sp³-hybridized carbons (Fsp3) is 0.333. The van der Waals surface area contributed by atoms with Crippen LogP contribution in [0.15, 0.2) is 16.9 Å². The van der Waals surface area contributed by atoms with E-state index in [1.165, 1.54) is 12.1 Å². The zero-order valence-corrected chi connectivity index (χ0v) is 7.78. The molecule has 15 heavy (non-hydrogen) atoms. The highest BCUT2D eigenvalue weighted by atomic mass is 16.2. The number of H-pyrrole nitrogens is 1. The number of nitrogens with zero attached hydrogens (tertiary/aromatic N) is 2. The molecule has 0 spiro atoms. The van der Waals surface area contributed by atoms with Gasteiger partial charge in [0, 0.05) is 6.07 Å². The molecule has 1 heterocycles. The number of aromatic nitrogens is 2. The number of rotatable bonds is 2. The standard InChI is InChI=1S/C9H8N4O2/c10-5-9(3-4-9)8(15)11-6-1-2-7(14)13-12-6/h1-2H,3-4H2,(H,13,14)(H,11,12,15). The monoisotopic (exact) mass is 204 g/mol. The van der Waals surface area contributed by atoms with Gasteiger partial charge in [0.25, 0.3) is 5.56 Å². The molecule has 1 aromatic heterocycles. The third kappa shape index (κ3) is 1.72. The molecule has 6 heteroatoms. The van der Waals surface area contributed by atoms with Crippen molar-refractivity contribution in [1.82, 2.24) is 10.2 Å². The molecule has 1 fully saturated rings. The van der Waals surface area contributed by atoms with Gasteiger partial charge in [-0.05, 0) is 18.9 Å². The van der Waals surface area contributed by atoms with Crippen LogP contribution in [-0.4, -0.2) is 16.1 Å². The summed E-state index contributed by atoms with van der Waals surface area (Å²) in [4.78, 5) is 22.2. The Morgan fingerprint density at radius 1 is 1.60 bits per heavy atom. The third-order valence-corrected chi connectivity index (χ3v) is 2.32. The van der Waals surface area contributed by atoms with Crippen molar-refractivity contribution >= 4 is 11.7 Å². The van der Waals surface area contributed by atoms with Crippen LogP contribution in [0.25, 0.3) is 0 Å². The third-order valence-electron chi connectivity index (χ3n) is 2.32. The molecule has 0 aromatic carbocycles. The summed E-state index contributed by atoms with van der Waals surface area (Å²) in [6.45, 7) is 0. The highest BCUT2D eigenvalue weighted by Gasteiger charge is 2.50. The molecule has 2 rings (SSSR count). The van der Waals surface area contributed by atoms with Gasteiger partial charge in [-0.2, -0.15) is 10.4 Å². The SMILES string of the molecule is N#CC1(C(=O)Nc2ccc(=O)[nH]n2)CC1. The van der Waals surface area contributed by atoms with E-state index in [1.807, 2.05) is 6.07 Å². The van der Waals surface area contributed by atoms with E-state index in [0.717, 1.165) is 0 Å². The van der Waals surface area contributed by atoms with E-state index in [0.29, 0.717) is 12.8 Å². The maximum absolute atomic E-state index is 11.5. The normalized spacial score (nSPS) is 16.5. The minimum atomic E-state index is -0.877. The fourth-order valence-electron chi connectivity index (χ4n) is 1.16. The van der Waals surface area contributed by atoms with Crippen LogP contribution >= 0.6 is 0 Å². The Morgan fingerprint density at radius 3 is 2.80 bits per heavy atom. The van der Waals surface area contributed by atoms with Crippen molar-refractivity contribution in [3.05, 3.63) is 22.5 Å². The molecule has 76 valence electrons. The first-order valence-electron chi connectivity index (χ1n) is 4.45. The molecule has 0 unspecified atom stereocenters. The number of carbonyl (C=O) groups excluding carboxylic acids is 1. The highest BCUT2D eigenvalue weighted by molar-refractivity contribution is 5.98. The van der Waals surface area contributed by atoms with Gasteiger partial charge in [0.2, 0.25) is 5.91 Å². The molecule has 1 aliphatic rings. The Hall–Kier alpha value is -2.16. The smallest absolute Gasteiger partial charge is 0.264 e. The van der Waals surface area contributed by atoms with Crippen LogP contribution in [0.5, 0.6) is 0 Å². The Morgan fingerprint density at radius 2 is 2.33 bits per heavy atom. The van der Waals surface area contributed by atoms with Crippen LogP contribution in [0.3, 0.4) is 0 Å². The van der Waals surface area contributed by atoms with Crippen molar-refractivity contribution in [3.63, 3.8) is 0 Å². The maximum atomic E-state index is 11.5. The predicted molar refractivity (Wildman–Crippen MR) is 50.8 cm³/mol. The van der Waals surface area contributed by atoms with Crippen LogP contribution in [0.4, 0.5) is 5.82 Å². The van der Waals surface area contributed by atoms with E-state index in [2.05, 4.69) is 15.5 Å². The molecule has 1 amide bonds. The van der Waals surface area contributed by atoms with Crippen LogP contribution in [0.2, 0.25) is 0 Å². The first-order chi connectivity index (χ1) is 7.16. The molecule has 0 saturated heterocycles. The van der Waals surface area contributed by atoms with Gasteiger partial charge in [-0.1, -0.05) is 0 Å². The lowest BCUT2D eigenvalue weighted by Crippen LogP contribution is -2.24. The van der Waals surface area contributed by atoms with Crippen molar-refractivity contribution < 1.29 is 4.79 Å². The molecule has 6 nitrogen and oxygen atoms in total. The Bertz CT molecular complexity index is 475. The van der Waals surface area contributed by atoms with Gasteiger partial charge in [0.1, 0.15) is 5.41 Å². The lowest BCUT2D eigenvalue weighted by Gasteiger charge is -2.05. The second kappa shape index (κ2) is 3.20. The lowest BCUT2D eigenvalue weighted by atomic mass is 10.1. The van der Waals surface area contributed by atoms with Crippen LogP contribution in [0, 0.1) is 16.7 Å². The van der Waals surface area contributed by atoms with Crippen LogP contribution in [0.1, 0.15) is 12.8 Å².